The lowest BCUT2D eigenvalue weighted by Crippen LogP contribution is -2.47. The molecular formula is C10H15F2NO4. The highest BCUT2D eigenvalue weighted by Gasteiger charge is 2.66. The van der Waals surface area contributed by atoms with Crippen LogP contribution in [0.2, 0.25) is 0 Å². The van der Waals surface area contributed by atoms with Crippen molar-refractivity contribution in [1.29, 1.82) is 0 Å². The Morgan fingerprint density at radius 2 is 2.00 bits per heavy atom. The summed E-state index contributed by atoms with van der Waals surface area (Å²) in [5.74, 6) is -2.82. The van der Waals surface area contributed by atoms with Gasteiger partial charge >= 0.3 is 12.1 Å². The molecular weight excluding hydrogens is 236 g/mol. The van der Waals surface area contributed by atoms with E-state index in [1.165, 1.54) is 0 Å². The van der Waals surface area contributed by atoms with E-state index >= 15 is 0 Å². The number of carbonyl (C=O) groups excluding carboxylic acids is 1. The Bertz CT molecular complexity index is 340. The van der Waals surface area contributed by atoms with Gasteiger partial charge in [0.05, 0.1) is 5.92 Å². The number of ether oxygens (including phenoxy) is 1. The van der Waals surface area contributed by atoms with Crippen LogP contribution < -0.4 is 5.32 Å². The van der Waals surface area contributed by atoms with Crippen LogP contribution in [0.3, 0.4) is 0 Å². The van der Waals surface area contributed by atoms with Crippen LogP contribution in [-0.2, 0) is 9.53 Å². The molecule has 0 saturated heterocycles. The van der Waals surface area contributed by atoms with Gasteiger partial charge in [-0.3, -0.25) is 0 Å². The first-order chi connectivity index (χ1) is 7.58. The highest BCUT2D eigenvalue weighted by Crippen LogP contribution is 2.47. The molecule has 0 radical (unpaired) electrons. The van der Waals surface area contributed by atoms with E-state index in [2.05, 4.69) is 0 Å². The van der Waals surface area contributed by atoms with Crippen molar-refractivity contribution in [3.05, 3.63) is 0 Å². The van der Waals surface area contributed by atoms with Crippen LogP contribution in [0.5, 0.6) is 0 Å². The van der Waals surface area contributed by atoms with E-state index in [1.807, 2.05) is 5.32 Å². The predicted octanol–water partition coefficient (Wildman–Crippen LogP) is 1.62. The molecule has 1 aliphatic rings. The van der Waals surface area contributed by atoms with Crippen LogP contribution in [0.4, 0.5) is 13.6 Å². The van der Waals surface area contributed by atoms with Crippen LogP contribution in [0.15, 0.2) is 0 Å². The van der Waals surface area contributed by atoms with E-state index in [9.17, 15) is 18.4 Å². The number of hydrogen-bond acceptors (Lipinski definition) is 3. The van der Waals surface area contributed by atoms with Gasteiger partial charge < -0.3 is 15.2 Å². The molecule has 0 heterocycles. The lowest BCUT2D eigenvalue weighted by Gasteiger charge is -2.22. The van der Waals surface area contributed by atoms with Gasteiger partial charge in [-0.15, -0.1) is 0 Å². The number of halogens is 2. The molecule has 0 bridgehead atoms. The third-order valence-electron chi connectivity index (χ3n) is 2.42. The quantitative estimate of drug-likeness (QED) is 0.799. The average Bonchev–Trinajstić information content (AvgIpc) is 2.76. The molecule has 17 heavy (non-hydrogen) atoms. The summed E-state index contributed by atoms with van der Waals surface area (Å²) in [5, 5.41) is 10.9. The van der Waals surface area contributed by atoms with E-state index in [1.54, 1.807) is 20.8 Å². The van der Waals surface area contributed by atoms with E-state index in [0.717, 1.165) is 0 Å². The minimum Gasteiger partial charge on any atom is -0.479 e. The number of carboxylic acid groups (broad SMARTS) is 1. The number of hydrogen-bond donors (Lipinski definition) is 2. The van der Waals surface area contributed by atoms with Gasteiger partial charge in [-0.2, -0.15) is 0 Å². The maximum absolute atomic E-state index is 12.4. The van der Waals surface area contributed by atoms with Gasteiger partial charge in [-0.1, -0.05) is 0 Å². The normalized spacial score (nSPS) is 27.8. The third-order valence-corrected chi connectivity index (χ3v) is 2.42. The average molecular weight is 251 g/mol. The first-order valence-corrected chi connectivity index (χ1v) is 5.11. The smallest absolute Gasteiger partial charge is 0.408 e. The SMILES string of the molecule is CC(C)(C)OC(=O)NC1(C(=O)O)CC1C(F)F. The largest absolute Gasteiger partial charge is 0.479 e. The molecule has 1 fully saturated rings. The van der Waals surface area contributed by atoms with Crippen molar-refractivity contribution in [1.82, 2.24) is 5.32 Å². The van der Waals surface area contributed by atoms with Crippen LogP contribution in [0, 0.1) is 5.92 Å². The Morgan fingerprint density at radius 3 is 2.29 bits per heavy atom. The lowest BCUT2D eigenvalue weighted by molar-refractivity contribution is -0.142. The van der Waals surface area contributed by atoms with Gasteiger partial charge in [-0.25, -0.2) is 18.4 Å². The molecule has 7 heteroatoms. The minimum atomic E-state index is -2.78. The summed E-state index contributed by atoms with van der Waals surface area (Å²) in [7, 11) is 0. The van der Waals surface area contributed by atoms with Gasteiger partial charge in [-0.05, 0) is 27.2 Å². The number of rotatable bonds is 3. The number of nitrogens with one attached hydrogen (secondary N) is 1. The Kier molecular flexibility index (Phi) is 3.31. The first kappa shape index (κ1) is 13.7. The van der Waals surface area contributed by atoms with E-state index in [0.29, 0.717) is 0 Å². The molecule has 0 aromatic heterocycles. The minimum absolute atomic E-state index is 0.279. The fraction of sp³-hybridized carbons (Fsp3) is 0.800. The highest BCUT2D eigenvalue weighted by atomic mass is 19.3. The van der Waals surface area contributed by atoms with Crippen molar-refractivity contribution in [2.45, 2.75) is 44.8 Å². The fourth-order valence-electron chi connectivity index (χ4n) is 1.52. The summed E-state index contributed by atoms with van der Waals surface area (Å²) in [5.41, 5.74) is -2.69. The molecule has 2 atom stereocenters. The van der Waals surface area contributed by atoms with Crippen molar-refractivity contribution in [3.8, 4) is 0 Å². The number of carbonyl (C=O) groups is 2. The van der Waals surface area contributed by atoms with Gasteiger partial charge in [0.2, 0.25) is 6.43 Å². The molecule has 0 aliphatic heterocycles. The molecule has 2 N–H and O–H groups in total. The fourth-order valence-corrected chi connectivity index (χ4v) is 1.52. The van der Waals surface area contributed by atoms with Crippen LogP contribution >= 0.6 is 0 Å². The number of amides is 1. The van der Waals surface area contributed by atoms with Crippen LogP contribution in [-0.4, -0.2) is 34.7 Å². The molecule has 1 aliphatic carbocycles. The zero-order valence-electron chi connectivity index (χ0n) is 9.79. The van der Waals surface area contributed by atoms with Crippen LogP contribution in [0.1, 0.15) is 27.2 Å². The van der Waals surface area contributed by atoms with Gasteiger partial charge in [0.25, 0.3) is 0 Å². The molecule has 98 valence electrons. The maximum Gasteiger partial charge on any atom is 0.408 e. The van der Waals surface area contributed by atoms with Crippen molar-refractivity contribution in [2.24, 2.45) is 5.92 Å². The van der Waals surface area contributed by atoms with Gasteiger partial charge in [0.15, 0.2) is 0 Å². The molecule has 5 nitrogen and oxygen atoms in total. The summed E-state index contributed by atoms with van der Waals surface area (Å²) < 4.78 is 29.6. The Morgan fingerprint density at radius 1 is 1.47 bits per heavy atom. The van der Waals surface area contributed by atoms with Gasteiger partial charge in [0.1, 0.15) is 11.1 Å². The van der Waals surface area contributed by atoms with Crippen molar-refractivity contribution < 1.29 is 28.2 Å². The third kappa shape index (κ3) is 3.04. The Labute approximate surface area is 97.1 Å². The number of alkyl carbamates (subject to hydrolysis) is 1. The summed E-state index contributed by atoms with van der Waals surface area (Å²) in [6.45, 7) is 4.78. The monoisotopic (exact) mass is 251 g/mol. The zero-order valence-corrected chi connectivity index (χ0v) is 9.79. The number of alkyl halides is 2. The van der Waals surface area contributed by atoms with E-state index in [-0.39, 0.29) is 6.42 Å². The predicted molar refractivity (Wildman–Crippen MR) is 53.8 cm³/mol. The van der Waals surface area contributed by atoms with E-state index in [4.69, 9.17) is 9.84 Å². The molecule has 2 unspecified atom stereocenters. The summed E-state index contributed by atoms with van der Waals surface area (Å²) in [6, 6.07) is 0. The maximum atomic E-state index is 12.4. The van der Waals surface area contributed by atoms with Crippen LogP contribution in [0.25, 0.3) is 0 Å². The standard InChI is InChI=1S/C10H15F2NO4/c1-9(2,3)17-8(16)13-10(7(14)15)4-5(10)6(11)12/h5-6H,4H2,1-3H3,(H,13,16)(H,14,15). The number of carboxylic acids is 1. The Hall–Kier alpha value is -1.40. The lowest BCUT2D eigenvalue weighted by atomic mass is 10.2. The molecule has 0 spiro atoms. The molecule has 0 aromatic rings. The molecule has 1 amide bonds. The van der Waals surface area contributed by atoms with Crippen molar-refractivity contribution in [2.75, 3.05) is 0 Å². The molecule has 1 saturated carbocycles. The summed E-state index contributed by atoms with van der Waals surface area (Å²) in [6.07, 6.45) is -4.05. The second-order valence-electron chi connectivity index (χ2n) is 5.05. The van der Waals surface area contributed by atoms with Crippen molar-refractivity contribution >= 4 is 12.1 Å². The number of aliphatic carboxylic acids is 1. The topological polar surface area (TPSA) is 75.6 Å². The molecule has 0 aromatic carbocycles. The second-order valence-corrected chi connectivity index (χ2v) is 5.05. The Balaban J connectivity index is 2.66. The summed E-state index contributed by atoms with van der Waals surface area (Å²) in [4.78, 5) is 22.2. The van der Waals surface area contributed by atoms with Gasteiger partial charge in [0, 0.05) is 0 Å². The first-order valence-electron chi connectivity index (χ1n) is 5.11. The van der Waals surface area contributed by atoms with Crippen molar-refractivity contribution in [3.63, 3.8) is 0 Å². The zero-order chi connectivity index (χ0) is 13.4. The highest BCUT2D eigenvalue weighted by molar-refractivity contribution is 5.88. The van der Waals surface area contributed by atoms with E-state index < -0.39 is 35.5 Å². The molecule has 1 rings (SSSR count). The second kappa shape index (κ2) is 4.12. The summed E-state index contributed by atoms with van der Waals surface area (Å²) >= 11 is 0.